The SMILES string of the molecule is F[B-](F)(F)F.N/C(=N\[n+]1c(-c2ccccc2)cc(-c2ccccc2)cc1-c1ccccc1)c1ccccc1. The van der Waals surface area contributed by atoms with Crippen LogP contribution in [0.15, 0.2) is 139 Å². The van der Waals surface area contributed by atoms with Crippen LogP contribution in [0.1, 0.15) is 5.56 Å². The molecule has 0 saturated carbocycles. The first kappa shape index (κ1) is 26.4. The van der Waals surface area contributed by atoms with Gasteiger partial charge in [-0.2, -0.15) is 0 Å². The van der Waals surface area contributed by atoms with Gasteiger partial charge in [-0.1, -0.05) is 97.1 Å². The van der Waals surface area contributed by atoms with Gasteiger partial charge in [0.1, 0.15) is 0 Å². The van der Waals surface area contributed by atoms with Crippen LogP contribution in [-0.4, -0.2) is 13.1 Å². The van der Waals surface area contributed by atoms with Crippen LogP contribution in [0.2, 0.25) is 0 Å². The quantitative estimate of drug-likeness (QED) is 0.0858. The average Bonchev–Trinajstić information content (AvgIpc) is 2.94. The van der Waals surface area contributed by atoms with Crippen molar-refractivity contribution in [2.24, 2.45) is 10.8 Å². The van der Waals surface area contributed by atoms with Gasteiger partial charge < -0.3 is 23.0 Å². The fourth-order valence-corrected chi connectivity index (χ4v) is 3.90. The second-order valence-electron chi connectivity index (χ2n) is 8.27. The van der Waals surface area contributed by atoms with Gasteiger partial charge in [-0.15, -0.1) is 0 Å². The van der Waals surface area contributed by atoms with Gasteiger partial charge in [0.15, 0.2) is 5.84 Å². The Bertz CT molecular complexity index is 1430. The van der Waals surface area contributed by atoms with Crippen molar-refractivity contribution >= 4 is 13.1 Å². The average molecular weight is 513 g/mol. The Morgan fingerprint density at radius 2 is 0.868 bits per heavy atom. The molecule has 0 radical (unpaired) electrons. The Balaban J connectivity index is 0.000000617. The van der Waals surface area contributed by atoms with Gasteiger partial charge in [0.25, 0.3) is 0 Å². The lowest BCUT2D eigenvalue weighted by Crippen LogP contribution is -2.37. The summed E-state index contributed by atoms with van der Waals surface area (Å²) in [6.07, 6.45) is 0. The van der Waals surface area contributed by atoms with Crippen LogP contribution in [0, 0.1) is 0 Å². The number of aromatic nitrogens is 1. The van der Waals surface area contributed by atoms with Crippen molar-refractivity contribution in [2.75, 3.05) is 0 Å². The summed E-state index contributed by atoms with van der Waals surface area (Å²) < 4.78 is 41.0. The number of pyridine rings is 1. The normalized spacial score (nSPS) is 11.4. The van der Waals surface area contributed by atoms with Crippen molar-refractivity contribution in [2.45, 2.75) is 0 Å². The minimum absolute atomic E-state index is 0.461. The predicted octanol–water partition coefficient (Wildman–Crippen LogP) is 7.44. The van der Waals surface area contributed by atoms with Crippen LogP contribution < -0.4 is 10.4 Å². The zero-order valence-corrected chi connectivity index (χ0v) is 20.3. The second-order valence-corrected chi connectivity index (χ2v) is 8.27. The molecule has 0 aliphatic rings. The molecule has 0 aliphatic carbocycles. The zero-order chi connectivity index (χ0) is 27.0. The fraction of sp³-hybridized carbons (Fsp3) is 0. The number of rotatable bonds is 5. The topological polar surface area (TPSA) is 42.3 Å². The largest absolute Gasteiger partial charge is 0.673 e. The van der Waals surface area contributed by atoms with E-state index in [1.165, 1.54) is 0 Å². The molecule has 0 aliphatic heterocycles. The summed E-state index contributed by atoms with van der Waals surface area (Å²) in [6.45, 7) is 0. The van der Waals surface area contributed by atoms with Gasteiger partial charge in [0.05, 0.1) is 0 Å². The van der Waals surface area contributed by atoms with Crippen molar-refractivity contribution in [3.63, 3.8) is 0 Å². The van der Waals surface area contributed by atoms with Gasteiger partial charge in [-0.25, -0.2) is 0 Å². The van der Waals surface area contributed by atoms with E-state index in [2.05, 4.69) is 60.7 Å². The van der Waals surface area contributed by atoms with Crippen LogP contribution in [0.25, 0.3) is 33.6 Å². The van der Waals surface area contributed by atoms with Crippen LogP contribution in [0.4, 0.5) is 17.3 Å². The van der Waals surface area contributed by atoms with E-state index in [1.807, 2.05) is 77.5 Å². The van der Waals surface area contributed by atoms with Gasteiger partial charge in [-0.3, -0.25) is 0 Å². The van der Waals surface area contributed by atoms with E-state index in [4.69, 9.17) is 10.8 Å². The molecule has 1 heterocycles. The Morgan fingerprint density at radius 1 is 0.526 bits per heavy atom. The maximum absolute atomic E-state index is 9.75. The monoisotopic (exact) mass is 513 g/mol. The summed E-state index contributed by atoms with van der Waals surface area (Å²) in [5.74, 6) is 0.461. The number of amidine groups is 1. The summed E-state index contributed by atoms with van der Waals surface area (Å²) >= 11 is 0. The minimum Gasteiger partial charge on any atom is -0.418 e. The van der Waals surface area contributed by atoms with E-state index in [9.17, 15) is 17.3 Å². The molecule has 5 rings (SSSR count). The Kier molecular flexibility index (Phi) is 8.33. The lowest BCUT2D eigenvalue weighted by Gasteiger charge is -2.09. The van der Waals surface area contributed by atoms with Crippen LogP contribution in [0.5, 0.6) is 0 Å². The number of nitrogens with two attached hydrogens (primary N) is 1. The molecule has 0 spiro atoms. The molecule has 0 atom stereocenters. The highest BCUT2D eigenvalue weighted by Crippen LogP contribution is 2.29. The number of halogens is 4. The third-order valence-corrected chi connectivity index (χ3v) is 5.56. The molecule has 3 nitrogen and oxygen atoms in total. The number of nitrogens with zero attached hydrogens (tertiary/aromatic N) is 2. The highest BCUT2D eigenvalue weighted by atomic mass is 19.5. The van der Waals surface area contributed by atoms with Crippen molar-refractivity contribution < 1.29 is 21.9 Å². The molecule has 0 amide bonds. The van der Waals surface area contributed by atoms with E-state index in [0.717, 1.165) is 39.2 Å². The van der Waals surface area contributed by atoms with Crippen molar-refractivity contribution in [3.05, 3.63) is 139 Å². The molecule has 38 heavy (non-hydrogen) atoms. The van der Waals surface area contributed by atoms with Crippen molar-refractivity contribution in [1.29, 1.82) is 0 Å². The highest BCUT2D eigenvalue weighted by molar-refractivity contribution is 6.50. The lowest BCUT2D eigenvalue weighted by molar-refractivity contribution is -0.656. The van der Waals surface area contributed by atoms with E-state index >= 15 is 0 Å². The molecule has 8 heteroatoms. The zero-order valence-electron chi connectivity index (χ0n) is 20.3. The minimum atomic E-state index is -6.00. The molecule has 4 aromatic carbocycles. The molecule has 0 bridgehead atoms. The molecule has 1 aromatic heterocycles. The Hall–Kier alpha value is -4.72. The van der Waals surface area contributed by atoms with Gasteiger partial charge in [0, 0.05) is 33.9 Å². The standard InChI is InChI=1S/C30H24N3.BF4/c31-30(26-19-11-4-12-20-26)32-33-28(24-15-7-2-8-16-24)21-27(23-13-5-1-6-14-23)22-29(33)25-17-9-3-10-18-25;2-1(3,4)5/h1-22H,(H2,31,32);/q+1;-1. The summed E-state index contributed by atoms with van der Waals surface area (Å²) in [4.78, 5) is 0. The summed E-state index contributed by atoms with van der Waals surface area (Å²) in [5, 5.41) is 4.93. The molecule has 5 aromatic rings. The molecule has 0 saturated heterocycles. The summed E-state index contributed by atoms with van der Waals surface area (Å²) in [7, 11) is -6.00. The number of hydrogen-bond acceptors (Lipinski definition) is 1. The highest BCUT2D eigenvalue weighted by Gasteiger charge is 2.24. The van der Waals surface area contributed by atoms with Crippen molar-refractivity contribution in [1.82, 2.24) is 0 Å². The fourth-order valence-electron chi connectivity index (χ4n) is 3.90. The van der Waals surface area contributed by atoms with Gasteiger partial charge >= 0.3 is 7.25 Å². The predicted molar refractivity (Wildman–Crippen MR) is 146 cm³/mol. The van der Waals surface area contributed by atoms with E-state index in [0.29, 0.717) is 5.84 Å². The molecule has 190 valence electrons. The number of hydrogen-bond donors (Lipinski definition) is 1. The van der Waals surface area contributed by atoms with Crippen LogP contribution >= 0.6 is 0 Å². The van der Waals surface area contributed by atoms with Gasteiger partial charge in [0.2, 0.25) is 11.4 Å². The smallest absolute Gasteiger partial charge is 0.418 e. The maximum Gasteiger partial charge on any atom is 0.673 e. The van der Waals surface area contributed by atoms with Gasteiger partial charge in [-0.05, 0) is 40.1 Å². The Morgan fingerprint density at radius 3 is 1.26 bits per heavy atom. The Labute approximate surface area is 218 Å². The summed E-state index contributed by atoms with van der Waals surface area (Å²) in [5.41, 5.74) is 13.7. The van der Waals surface area contributed by atoms with E-state index < -0.39 is 7.25 Å². The first-order valence-corrected chi connectivity index (χ1v) is 11.8. The molecule has 2 N–H and O–H groups in total. The second kappa shape index (κ2) is 12.0. The molecule has 0 fully saturated rings. The molecular formula is C30H24BF4N3. The van der Waals surface area contributed by atoms with E-state index in [1.54, 1.807) is 0 Å². The van der Waals surface area contributed by atoms with E-state index in [-0.39, 0.29) is 0 Å². The first-order valence-electron chi connectivity index (χ1n) is 11.8. The third-order valence-electron chi connectivity index (χ3n) is 5.56. The molecule has 0 unspecified atom stereocenters. The maximum atomic E-state index is 9.75. The molecular weight excluding hydrogens is 489 g/mol. The van der Waals surface area contributed by atoms with Crippen LogP contribution in [0.3, 0.4) is 0 Å². The van der Waals surface area contributed by atoms with Crippen molar-refractivity contribution in [3.8, 4) is 33.6 Å². The lowest BCUT2D eigenvalue weighted by atomic mass is 10.00. The first-order chi connectivity index (χ1) is 18.3. The van der Waals surface area contributed by atoms with Crippen LogP contribution in [-0.2, 0) is 0 Å². The third kappa shape index (κ3) is 7.16. The summed E-state index contributed by atoms with van der Waals surface area (Å²) in [6, 6.07) is 45.3. The number of benzene rings is 4.